The Morgan fingerprint density at radius 1 is 0.724 bits per heavy atom. The molecular formula is C45H52N4O8S. The smallest absolute Gasteiger partial charge is 0.337 e. The highest BCUT2D eigenvalue weighted by atomic mass is 32.2. The van der Waals surface area contributed by atoms with Crippen molar-refractivity contribution in [2.24, 2.45) is 5.92 Å². The number of carbonyl (C=O) groups excluding carboxylic acids is 4. The highest BCUT2D eigenvalue weighted by molar-refractivity contribution is 7.89. The first-order valence-corrected chi connectivity index (χ1v) is 21.4. The Morgan fingerprint density at radius 3 is 2.00 bits per heavy atom. The monoisotopic (exact) mass is 808 g/mol. The van der Waals surface area contributed by atoms with Crippen molar-refractivity contribution in [2.45, 2.75) is 75.6 Å². The summed E-state index contributed by atoms with van der Waals surface area (Å²) in [6.45, 7) is 3.76. The Kier molecular flexibility index (Phi) is 14.0. The molecule has 2 aliphatic rings. The van der Waals surface area contributed by atoms with Crippen molar-refractivity contribution < 1.29 is 37.1 Å². The number of esters is 2. The van der Waals surface area contributed by atoms with Crippen molar-refractivity contribution in [3.8, 4) is 0 Å². The molecule has 0 aromatic heterocycles. The Balaban J connectivity index is 1.16. The minimum atomic E-state index is -3.97. The van der Waals surface area contributed by atoms with Crippen LogP contribution in [0.5, 0.6) is 0 Å². The van der Waals surface area contributed by atoms with Crippen LogP contribution < -0.4 is 15.5 Å². The molecule has 58 heavy (non-hydrogen) atoms. The predicted octanol–water partition coefficient (Wildman–Crippen LogP) is 7.50. The molecule has 306 valence electrons. The second kappa shape index (κ2) is 19.3. The van der Waals surface area contributed by atoms with Crippen molar-refractivity contribution >= 4 is 50.8 Å². The largest absolute Gasteiger partial charge is 0.469 e. The van der Waals surface area contributed by atoms with E-state index in [1.54, 1.807) is 43.3 Å². The van der Waals surface area contributed by atoms with Crippen molar-refractivity contribution in [2.75, 3.05) is 49.4 Å². The number of methoxy groups -OCH3 is 2. The summed E-state index contributed by atoms with van der Waals surface area (Å²) in [5.41, 5.74) is 4.84. The molecule has 1 aliphatic carbocycles. The van der Waals surface area contributed by atoms with E-state index in [1.165, 1.54) is 30.7 Å². The molecule has 1 aliphatic heterocycles. The average Bonchev–Trinajstić information content (AvgIpc) is 3.26. The molecule has 2 N–H and O–H groups in total. The fourth-order valence-corrected chi connectivity index (χ4v) is 9.60. The molecule has 4 aromatic rings. The summed E-state index contributed by atoms with van der Waals surface area (Å²) >= 11 is 0. The number of anilines is 3. The van der Waals surface area contributed by atoms with E-state index >= 15 is 0 Å². The minimum Gasteiger partial charge on any atom is -0.469 e. The lowest BCUT2D eigenvalue weighted by Gasteiger charge is -2.34. The summed E-state index contributed by atoms with van der Waals surface area (Å²) in [6.07, 6.45) is 6.93. The lowest BCUT2D eigenvalue weighted by molar-refractivity contribution is -0.146. The van der Waals surface area contributed by atoms with Crippen LogP contribution in [0.2, 0.25) is 0 Å². The maximum Gasteiger partial charge on any atom is 0.337 e. The van der Waals surface area contributed by atoms with Crippen LogP contribution in [-0.2, 0) is 37.1 Å². The van der Waals surface area contributed by atoms with Crippen molar-refractivity contribution in [3.63, 3.8) is 0 Å². The number of ether oxygens (including phenoxy) is 2. The third kappa shape index (κ3) is 10.1. The Labute approximate surface area is 341 Å². The number of sulfonamides is 1. The predicted molar refractivity (Wildman–Crippen MR) is 224 cm³/mol. The van der Waals surface area contributed by atoms with Crippen LogP contribution in [0.15, 0.2) is 95.9 Å². The summed E-state index contributed by atoms with van der Waals surface area (Å²) in [7, 11) is -1.25. The molecule has 0 radical (unpaired) electrons. The number of amides is 2. The van der Waals surface area contributed by atoms with Crippen LogP contribution >= 0.6 is 0 Å². The van der Waals surface area contributed by atoms with E-state index in [4.69, 9.17) is 9.47 Å². The minimum absolute atomic E-state index is 0.00424. The molecule has 0 bridgehead atoms. The van der Waals surface area contributed by atoms with Gasteiger partial charge in [-0.15, -0.1) is 0 Å². The number of carbonyl (C=O) groups is 4. The third-order valence-corrected chi connectivity index (χ3v) is 13.2. The first-order valence-electron chi connectivity index (χ1n) is 20.0. The van der Waals surface area contributed by atoms with Crippen LogP contribution in [0.1, 0.15) is 94.1 Å². The first kappa shape index (κ1) is 42.1. The molecular weight excluding hydrogens is 757 g/mol. The summed E-state index contributed by atoms with van der Waals surface area (Å²) in [6, 6.07) is 26.0. The highest BCUT2D eigenvalue weighted by Crippen LogP contribution is 2.32. The summed E-state index contributed by atoms with van der Waals surface area (Å²) < 4.78 is 39.1. The summed E-state index contributed by atoms with van der Waals surface area (Å²) in [5.74, 6) is -1.83. The molecule has 6 rings (SSSR count). The molecule has 1 heterocycles. The zero-order valence-corrected chi connectivity index (χ0v) is 34.2. The highest BCUT2D eigenvalue weighted by Gasteiger charge is 2.35. The molecule has 1 saturated carbocycles. The van der Waals surface area contributed by atoms with Gasteiger partial charge in [0.15, 0.2) is 0 Å². The summed E-state index contributed by atoms with van der Waals surface area (Å²) in [4.78, 5) is 53.8. The number of rotatable bonds is 14. The van der Waals surface area contributed by atoms with Crippen LogP contribution in [0.25, 0.3) is 0 Å². The van der Waals surface area contributed by atoms with E-state index < -0.39 is 21.8 Å². The van der Waals surface area contributed by atoms with Gasteiger partial charge >= 0.3 is 11.9 Å². The second-order valence-corrected chi connectivity index (χ2v) is 16.7. The van der Waals surface area contributed by atoms with Gasteiger partial charge in [0.25, 0.3) is 11.8 Å². The van der Waals surface area contributed by atoms with Gasteiger partial charge in [-0.3, -0.25) is 14.4 Å². The Hall–Kier alpha value is -5.53. The lowest BCUT2D eigenvalue weighted by atomic mass is 9.86. The van der Waals surface area contributed by atoms with Gasteiger partial charge in [-0.1, -0.05) is 37.3 Å². The molecule has 0 atom stereocenters. The van der Waals surface area contributed by atoms with Crippen molar-refractivity contribution in [1.82, 2.24) is 4.31 Å². The number of nitrogens with zero attached hydrogens (tertiary/aromatic N) is 2. The maximum atomic E-state index is 14.0. The number of benzene rings is 4. The quantitative estimate of drug-likeness (QED) is 0.124. The van der Waals surface area contributed by atoms with E-state index in [9.17, 15) is 27.6 Å². The van der Waals surface area contributed by atoms with Gasteiger partial charge in [-0.05, 0) is 130 Å². The Morgan fingerprint density at radius 2 is 1.38 bits per heavy atom. The number of hydrogen-bond acceptors (Lipinski definition) is 9. The number of piperidine rings is 1. The first-order chi connectivity index (χ1) is 28.0. The normalized spacial score (nSPS) is 17.0. The zero-order valence-electron chi connectivity index (χ0n) is 33.4. The van der Waals surface area contributed by atoms with E-state index in [2.05, 4.69) is 15.5 Å². The van der Waals surface area contributed by atoms with Gasteiger partial charge in [-0.25, -0.2) is 13.2 Å². The standard InChI is InChI=1S/C45H52N4O8S/c1-4-49(37-23-19-34(20-24-37)45(53)57-3)58(54,55)39-10-8-9-35(29-39)42(50)47-41-26-25-38(48-27-6-5-7-28-48)30-40(41)43(51)46-36-21-15-32(16-22-36)12-11-31-13-17-33(18-14-31)44(52)56-2/h8-10,13-18,21-22,25-26,29-30,34,37H,4-7,11-12,19-20,23-24,27-28H2,1-3H3,(H,46,51)(H,47,50)/t34-,37+. The van der Waals surface area contributed by atoms with Crippen molar-refractivity contribution in [3.05, 3.63) is 119 Å². The lowest BCUT2D eigenvalue weighted by Crippen LogP contribution is -2.43. The van der Waals surface area contributed by atoms with Crippen LogP contribution in [0, 0.1) is 5.92 Å². The summed E-state index contributed by atoms with van der Waals surface area (Å²) in [5, 5.41) is 5.88. The second-order valence-electron chi connectivity index (χ2n) is 14.8. The zero-order chi connectivity index (χ0) is 41.2. The topological polar surface area (TPSA) is 151 Å². The number of nitrogens with one attached hydrogen (secondary N) is 2. The van der Waals surface area contributed by atoms with Gasteiger partial charge < -0.3 is 25.0 Å². The van der Waals surface area contributed by atoms with Gasteiger partial charge in [0, 0.05) is 42.6 Å². The van der Waals surface area contributed by atoms with E-state index in [0.717, 1.165) is 62.0 Å². The fourth-order valence-electron chi connectivity index (χ4n) is 7.86. The number of hydrogen-bond donors (Lipinski definition) is 2. The van der Waals surface area contributed by atoms with Gasteiger partial charge in [-0.2, -0.15) is 4.31 Å². The number of aryl methyl sites for hydroxylation is 2. The van der Waals surface area contributed by atoms with Gasteiger partial charge in [0.2, 0.25) is 10.0 Å². The van der Waals surface area contributed by atoms with E-state index in [-0.39, 0.29) is 46.5 Å². The maximum absolute atomic E-state index is 14.0. The van der Waals surface area contributed by atoms with E-state index in [1.807, 2.05) is 42.5 Å². The van der Waals surface area contributed by atoms with Crippen LogP contribution in [0.3, 0.4) is 0 Å². The van der Waals surface area contributed by atoms with Crippen LogP contribution in [0.4, 0.5) is 17.1 Å². The molecule has 12 nitrogen and oxygen atoms in total. The average molecular weight is 809 g/mol. The van der Waals surface area contributed by atoms with Crippen LogP contribution in [-0.4, -0.2) is 76.4 Å². The van der Waals surface area contributed by atoms with Gasteiger partial charge in [0.05, 0.1) is 41.8 Å². The molecule has 4 aromatic carbocycles. The fraction of sp³-hybridized carbons (Fsp3) is 0.378. The molecule has 1 saturated heterocycles. The van der Waals surface area contributed by atoms with E-state index in [0.29, 0.717) is 42.6 Å². The molecule has 0 unspecified atom stereocenters. The Bertz CT molecular complexity index is 2190. The van der Waals surface area contributed by atoms with Gasteiger partial charge in [0.1, 0.15) is 0 Å². The molecule has 0 spiro atoms. The molecule has 2 amide bonds. The van der Waals surface area contributed by atoms with Crippen molar-refractivity contribution in [1.29, 1.82) is 0 Å². The SMILES string of the molecule is CCN([C@H]1CC[C@@H](C(=O)OC)CC1)S(=O)(=O)c1cccc(C(=O)Nc2ccc(N3CCCCC3)cc2C(=O)Nc2ccc(CCc3ccc(C(=O)OC)cc3)cc2)c1. The molecule has 2 fully saturated rings. The molecule has 13 heteroatoms. The third-order valence-electron chi connectivity index (χ3n) is 11.2.